The van der Waals surface area contributed by atoms with E-state index in [0.29, 0.717) is 25.8 Å². The predicted molar refractivity (Wildman–Crippen MR) is 48.1 cm³/mol. The van der Waals surface area contributed by atoms with Gasteiger partial charge in [0.25, 0.3) is 0 Å². The molecule has 1 fully saturated rings. The minimum absolute atomic E-state index is 0.442. The molecule has 3 heteroatoms. The van der Waals surface area contributed by atoms with Crippen LogP contribution in [0.25, 0.3) is 0 Å². The van der Waals surface area contributed by atoms with Crippen molar-refractivity contribution >= 4 is 0 Å². The Morgan fingerprint density at radius 1 is 1.42 bits per heavy atom. The number of hydrogen-bond acceptors (Lipinski definition) is 3. The van der Waals surface area contributed by atoms with Crippen LogP contribution in [-0.4, -0.2) is 36.5 Å². The molecule has 0 saturated carbocycles. The smallest absolute Gasteiger partial charge is 0.0815 e. The highest BCUT2D eigenvalue weighted by Crippen LogP contribution is 2.19. The zero-order chi connectivity index (χ0) is 9.03. The Hall–Kier alpha value is -0.120. The molecule has 0 bridgehead atoms. The summed E-state index contributed by atoms with van der Waals surface area (Å²) >= 11 is 0. The topological polar surface area (TPSA) is 41.5 Å². The molecule has 3 nitrogen and oxygen atoms in total. The first kappa shape index (κ1) is 9.96. The van der Waals surface area contributed by atoms with Crippen molar-refractivity contribution in [2.24, 2.45) is 0 Å². The summed E-state index contributed by atoms with van der Waals surface area (Å²) in [6, 6.07) is 0.442. The van der Waals surface area contributed by atoms with Gasteiger partial charge in [-0.15, -0.1) is 0 Å². The Morgan fingerprint density at radius 3 is 2.50 bits per heavy atom. The van der Waals surface area contributed by atoms with Crippen molar-refractivity contribution in [3.8, 4) is 0 Å². The molecular formula is C9H19NO2. The van der Waals surface area contributed by atoms with Gasteiger partial charge in [-0.05, 0) is 0 Å². The zero-order valence-corrected chi connectivity index (χ0v) is 7.97. The number of aliphatic hydroxyl groups is 1. The first-order valence-corrected chi connectivity index (χ1v) is 4.66. The zero-order valence-electron chi connectivity index (χ0n) is 7.97. The largest absolute Gasteiger partial charge is 0.388 e. The molecule has 1 saturated heterocycles. The highest BCUT2D eigenvalue weighted by molar-refractivity contribution is 4.83. The molecule has 0 spiro atoms. The molecule has 1 aliphatic heterocycles. The van der Waals surface area contributed by atoms with Gasteiger partial charge in [-0.25, -0.2) is 0 Å². The fourth-order valence-electron chi connectivity index (χ4n) is 1.32. The van der Waals surface area contributed by atoms with Crippen LogP contribution in [-0.2, 0) is 4.74 Å². The molecule has 1 aliphatic rings. The monoisotopic (exact) mass is 173 g/mol. The summed E-state index contributed by atoms with van der Waals surface area (Å²) < 4.78 is 5.18. The second kappa shape index (κ2) is 4.21. The third-order valence-electron chi connectivity index (χ3n) is 2.26. The Morgan fingerprint density at radius 2 is 2.00 bits per heavy atom. The van der Waals surface area contributed by atoms with Crippen LogP contribution in [0.1, 0.15) is 26.7 Å². The van der Waals surface area contributed by atoms with Crippen molar-refractivity contribution in [3.05, 3.63) is 0 Å². The fourth-order valence-corrected chi connectivity index (χ4v) is 1.32. The van der Waals surface area contributed by atoms with Gasteiger partial charge >= 0.3 is 0 Å². The molecule has 72 valence electrons. The highest BCUT2D eigenvalue weighted by Gasteiger charge is 2.29. The van der Waals surface area contributed by atoms with Crippen molar-refractivity contribution in [3.63, 3.8) is 0 Å². The molecule has 0 aromatic rings. The summed E-state index contributed by atoms with van der Waals surface area (Å²) in [5.74, 6) is 0. The second-order valence-electron chi connectivity index (χ2n) is 3.87. The maximum atomic E-state index is 9.98. The summed E-state index contributed by atoms with van der Waals surface area (Å²) in [6.45, 7) is 6.24. The van der Waals surface area contributed by atoms with Gasteiger partial charge < -0.3 is 15.2 Å². The average molecular weight is 173 g/mol. The molecule has 0 aromatic heterocycles. The fraction of sp³-hybridized carbons (Fsp3) is 1.00. The van der Waals surface area contributed by atoms with Crippen LogP contribution in [0.15, 0.2) is 0 Å². The number of rotatable bonds is 3. The van der Waals surface area contributed by atoms with E-state index in [1.165, 1.54) is 0 Å². The van der Waals surface area contributed by atoms with Gasteiger partial charge in [0.05, 0.1) is 5.60 Å². The quantitative estimate of drug-likeness (QED) is 0.654. The summed E-state index contributed by atoms with van der Waals surface area (Å²) in [4.78, 5) is 0. The van der Waals surface area contributed by atoms with E-state index >= 15 is 0 Å². The number of ether oxygens (including phenoxy) is 1. The van der Waals surface area contributed by atoms with E-state index < -0.39 is 5.60 Å². The molecule has 0 aromatic carbocycles. The minimum atomic E-state index is -0.525. The lowest BCUT2D eigenvalue weighted by atomic mass is 9.94. The molecule has 1 rings (SSSR count). The summed E-state index contributed by atoms with van der Waals surface area (Å²) in [6.07, 6.45) is 1.51. The van der Waals surface area contributed by atoms with Crippen LogP contribution in [0.5, 0.6) is 0 Å². The van der Waals surface area contributed by atoms with Crippen LogP contribution in [0.4, 0.5) is 0 Å². The van der Waals surface area contributed by atoms with Crippen LogP contribution >= 0.6 is 0 Å². The van der Waals surface area contributed by atoms with E-state index in [1.807, 2.05) is 0 Å². The van der Waals surface area contributed by atoms with Gasteiger partial charge in [-0.1, -0.05) is 13.8 Å². The minimum Gasteiger partial charge on any atom is -0.388 e. The van der Waals surface area contributed by atoms with E-state index in [-0.39, 0.29) is 0 Å². The highest BCUT2D eigenvalue weighted by atomic mass is 16.5. The Kier molecular flexibility index (Phi) is 3.50. The van der Waals surface area contributed by atoms with Crippen molar-refractivity contribution in [2.45, 2.75) is 38.3 Å². The molecule has 2 N–H and O–H groups in total. The predicted octanol–water partition coefficient (Wildman–Crippen LogP) is 0.526. The Balaban J connectivity index is 2.26. The van der Waals surface area contributed by atoms with Gasteiger partial charge in [0, 0.05) is 38.6 Å². The van der Waals surface area contributed by atoms with Gasteiger partial charge in [-0.3, -0.25) is 0 Å². The van der Waals surface area contributed by atoms with Crippen molar-refractivity contribution in [2.75, 3.05) is 19.8 Å². The molecule has 0 aliphatic carbocycles. The third-order valence-corrected chi connectivity index (χ3v) is 2.26. The molecule has 0 unspecified atom stereocenters. The molecule has 0 atom stereocenters. The van der Waals surface area contributed by atoms with Gasteiger partial charge in [0.1, 0.15) is 0 Å². The molecule has 12 heavy (non-hydrogen) atoms. The van der Waals surface area contributed by atoms with E-state index in [4.69, 9.17) is 4.74 Å². The molecule has 0 amide bonds. The third kappa shape index (κ3) is 3.09. The maximum Gasteiger partial charge on any atom is 0.0815 e. The SMILES string of the molecule is CC(C)NCC1(O)CCOCC1. The molecule has 0 radical (unpaired) electrons. The van der Waals surface area contributed by atoms with Gasteiger partial charge in [0.15, 0.2) is 0 Å². The Bertz CT molecular complexity index is 130. The van der Waals surface area contributed by atoms with Crippen LogP contribution in [0.2, 0.25) is 0 Å². The van der Waals surface area contributed by atoms with Gasteiger partial charge in [0.2, 0.25) is 0 Å². The van der Waals surface area contributed by atoms with E-state index in [9.17, 15) is 5.11 Å². The molecular weight excluding hydrogens is 154 g/mol. The van der Waals surface area contributed by atoms with Crippen molar-refractivity contribution in [1.29, 1.82) is 0 Å². The lowest BCUT2D eigenvalue weighted by Crippen LogP contribution is -2.46. The second-order valence-corrected chi connectivity index (χ2v) is 3.87. The molecule has 1 heterocycles. The van der Waals surface area contributed by atoms with E-state index in [1.54, 1.807) is 0 Å². The first-order chi connectivity index (χ1) is 5.62. The summed E-state index contributed by atoms with van der Waals surface area (Å²) in [7, 11) is 0. The van der Waals surface area contributed by atoms with E-state index in [0.717, 1.165) is 12.8 Å². The van der Waals surface area contributed by atoms with Crippen LogP contribution < -0.4 is 5.32 Å². The summed E-state index contributed by atoms with van der Waals surface area (Å²) in [5.41, 5.74) is -0.525. The Labute approximate surface area is 74.1 Å². The lowest BCUT2D eigenvalue weighted by molar-refractivity contribution is -0.0623. The summed E-state index contributed by atoms with van der Waals surface area (Å²) in [5, 5.41) is 13.2. The lowest BCUT2D eigenvalue weighted by Gasteiger charge is -2.32. The van der Waals surface area contributed by atoms with Crippen LogP contribution in [0, 0.1) is 0 Å². The normalized spacial score (nSPS) is 23.0. The number of hydrogen-bond donors (Lipinski definition) is 2. The maximum absolute atomic E-state index is 9.98. The first-order valence-electron chi connectivity index (χ1n) is 4.66. The van der Waals surface area contributed by atoms with Crippen molar-refractivity contribution in [1.82, 2.24) is 5.32 Å². The number of nitrogens with one attached hydrogen (secondary N) is 1. The average Bonchev–Trinajstić information content (AvgIpc) is 2.03. The van der Waals surface area contributed by atoms with Crippen LogP contribution in [0.3, 0.4) is 0 Å². The van der Waals surface area contributed by atoms with E-state index in [2.05, 4.69) is 19.2 Å². The van der Waals surface area contributed by atoms with Crippen molar-refractivity contribution < 1.29 is 9.84 Å². The van der Waals surface area contributed by atoms with Gasteiger partial charge in [-0.2, -0.15) is 0 Å². The standard InChI is InChI=1S/C9H19NO2/c1-8(2)10-7-9(11)3-5-12-6-4-9/h8,10-11H,3-7H2,1-2H3.